The van der Waals surface area contributed by atoms with Crippen LogP contribution in [0.5, 0.6) is 0 Å². The van der Waals surface area contributed by atoms with E-state index in [0.29, 0.717) is 13.1 Å². The molecule has 1 N–H and O–H groups in total. The topological polar surface area (TPSA) is 52.7 Å². The lowest BCUT2D eigenvalue weighted by atomic mass is 9.94. The summed E-state index contributed by atoms with van der Waals surface area (Å²) in [7, 11) is 0. The standard InChI is InChI=1S/C31H37N3O2/c1-3-27(25-15-9-6-10-16-25)30(35)32-26-19-21-34(22-20-26)29-18-12-11-17-28(29)31(36)33(4-2)23-24-13-7-5-8-14-24/h5-18,26-27H,3-4,19-23H2,1-2H3,(H,32,35)/t27-/m0/s1. The lowest BCUT2D eigenvalue weighted by molar-refractivity contribution is -0.123. The van der Waals surface area contributed by atoms with Crippen LogP contribution in [0, 0.1) is 0 Å². The number of rotatable bonds is 9. The molecule has 3 aromatic rings. The van der Waals surface area contributed by atoms with Gasteiger partial charge in [-0.2, -0.15) is 0 Å². The van der Waals surface area contributed by atoms with Gasteiger partial charge in [0, 0.05) is 37.9 Å². The van der Waals surface area contributed by atoms with E-state index in [-0.39, 0.29) is 23.8 Å². The van der Waals surface area contributed by atoms with E-state index in [1.54, 1.807) is 0 Å². The molecule has 1 heterocycles. The van der Waals surface area contributed by atoms with E-state index in [9.17, 15) is 9.59 Å². The molecule has 36 heavy (non-hydrogen) atoms. The highest BCUT2D eigenvalue weighted by Gasteiger charge is 2.27. The Morgan fingerprint density at radius 2 is 1.50 bits per heavy atom. The lowest BCUT2D eigenvalue weighted by Gasteiger charge is -2.36. The Bertz CT molecular complexity index is 1120. The largest absolute Gasteiger partial charge is 0.371 e. The van der Waals surface area contributed by atoms with Crippen LogP contribution < -0.4 is 10.2 Å². The van der Waals surface area contributed by atoms with Crippen molar-refractivity contribution in [3.8, 4) is 0 Å². The summed E-state index contributed by atoms with van der Waals surface area (Å²) in [5, 5.41) is 3.29. The minimum Gasteiger partial charge on any atom is -0.371 e. The predicted molar refractivity (Wildman–Crippen MR) is 146 cm³/mol. The first kappa shape index (κ1) is 25.5. The summed E-state index contributed by atoms with van der Waals surface area (Å²) >= 11 is 0. The van der Waals surface area contributed by atoms with Crippen LogP contribution in [0.15, 0.2) is 84.9 Å². The van der Waals surface area contributed by atoms with E-state index in [0.717, 1.165) is 54.7 Å². The van der Waals surface area contributed by atoms with Crippen molar-refractivity contribution in [1.29, 1.82) is 0 Å². The van der Waals surface area contributed by atoms with Crippen molar-refractivity contribution in [2.24, 2.45) is 0 Å². The molecule has 1 saturated heterocycles. The summed E-state index contributed by atoms with van der Waals surface area (Å²) in [5.41, 5.74) is 3.92. The van der Waals surface area contributed by atoms with Gasteiger partial charge in [-0.3, -0.25) is 9.59 Å². The average molecular weight is 484 g/mol. The molecule has 188 valence electrons. The van der Waals surface area contributed by atoms with Crippen LogP contribution >= 0.6 is 0 Å². The van der Waals surface area contributed by atoms with E-state index in [4.69, 9.17) is 0 Å². The third kappa shape index (κ3) is 6.14. The normalized spacial score (nSPS) is 14.8. The summed E-state index contributed by atoms with van der Waals surface area (Å²) in [4.78, 5) is 30.8. The van der Waals surface area contributed by atoms with Crippen molar-refractivity contribution in [3.05, 3.63) is 102 Å². The van der Waals surface area contributed by atoms with Crippen LogP contribution in [0.1, 0.15) is 60.5 Å². The molecule has 0 saturated carbocycles. The van der Waals surface area contributed by atoms with Crippen LogP contribution in [0.2, 0.25) is 0 Å². The van der Waals surface area contributed by atoms with Crippen LogP contribution in [0.25, 0.3) is 0 Å². The number of nitrogens with one attached hydrogen (secondary N) is 1. The number of carbonyl (C=O) groups is 2. The first-order valence-electron chi connectivity index (χ1n) is 13.1. The summed E-state index contributed by atoms with van der Waals surface area (Å²) < 4.78 is 0. The molecular formula is C31H37N3O2. The summed E-state index contributed by atoms with van der Waals surface area (Å²) in [5.74, 6) is 0.0467. The maximum absolute atomic E-state index is 13.5. The van der Waals surface area contributed by atoms with Crippen molar-refractivity contribution in [1.82, 2.24) is 10.2 Å². The SMILES string of the molecule is CC[C@H](C(=O)NC1CCN(c2ccccc2C(=O)N(CC)Cc2ccccc2)CC1)c1ccccc1. The third-order valence-electron chi connectivity index (χ3n) is 7.13. The smallest absolute Gasteiger partial charge is 0.256 e. The fourth-order valence-electron chi connectivity index (χ4n) is 5.06. The Morgan fingerprint density at radius 1 is 0.889 bits per heavy atom. The molecule has 1 fully saturated rings. The van der Waals surface area contributed by atoms with E-state index < -0.39 is 0 Å². The number of carbonyl (C=O) groups excluding carboxylic acids is 2. The Hall–Kier alpha value is -3.60. The predicted octanol–water partition coefficient (Wildman–Crippen LogP) is 5.63. The third-order valence-corrected chi connectivity index (χ3v) is 7.13. The number of para-hydroxylation sites is 1. The summed E-state index contributed by atoms with van der Waals surface area (Å²) in [6.07, 6.45) is 2.50. The fourth-order valence-corrected chi connectivity index (χ4v) is 5.06. The van der Waals surface area contributed by atoms with Gasteiger partial charge >= 0.3 is 0 Å². The zero-order chi connectivity index (χ0) is 25.3. The van der Waals surface area contributed by atoms with Gasteiger partial charge in [-0.05, 0) is 49.4 Å². The number of nitrogens with zero attached hydrogens (tertiary/aromatic N) is 2. The van der Waals surface area contributed by atoms with Gasteiger partial charge in [0.2, 0.25) is 5.91 Å². The van der Waals surface area contributed by atoms with Gasteiger partial charge in [-0.15, -0.1) is 0 Å². The molecular weight excluding hydrogens is 446 g/mol. The molecule has 3 aromatic carbocycles. The van der Waals surface area contributed by atoms with Crippen LogP contribution in [0.3, 0.4) is 0 Å². The van der Waals surface area contributed by atoms with Gasteiger partial charge in [-0.25, -0.2) is 0 Å². The number of anilines is 1. The quantitative estimate of drug-likeness (QED) is 0.429. The van der Waals surface area contributed by atoms with Gasteiger partial charge in [-0.1, -0.05) is 79.7 Å². The van der Waals surface area contributed by atoms with Crippen molar-refractivity contribution in [3.63, 3.8) is 0 Å². The summed E-state index contributed by atoms with van der Waals surface area (Å²) in [6.45, 7) is 6.95. The first-order valence-corrected chi connectivity index (χ1v) is 13.1. The monoisotopic (exact) mass is 483 g/mol. The molecule has 0 aliphatic carbocycles. The zero-order valence-electron chi connectivity index (χ0n) is 21.4. The van der Waals surface area contributed by atoms with Crippen molar-refractivity contribution in [2.75, 3.05) is 24.5 Å². The molecule has 5 heteroatoms. The molecule has 1 aliphatic rings. The average Bonchev–Trinajstić information content (AvgIpc) is 2.93. The minimum absolute atomic E-state index is 0.0565. The van der Waals surface area contributed by atoms with Gasteiger partial charge in [0.05, 0.1) is 11.5 Å². The molecule has 0 bridgehead atoms. The summed E-state index contributed by atoms with van der Waals surface area (Å²) in [6, 6.07) is 28.2. The Kier molecular flexibility index (Phi) is 8.77. The molecule has 0 unspecified atom stereocenters. The Balaban J connectivity index is 1.39. The molecule has 0 spiro atoms. The van der Waals surface area contributed by atoms with Crippen LogP contribution in [-0.4, -0.2) is 42.4 Å². The Labute approximate surface area is 215 Å². The second-order valence-electron chi connectivity index (χ2n) is 9.46. The highest BCUT2D eigenvalue weighted by Crippen LogP contribution is 2.27. The van der Waals surface area contributed by atoms with E-state index in [1.807, 2.05) is 84.6 Å². The van der Waals surface area contributed by atoms with Crippen molar-refractivity contribution < 1.29 is 9.59 Å². The van der Waals surface area contributed by atoms with E-state index in [1.165, 1.54) is 0 Å². The molecule has 5 nitrogen and oxygen atoms in total. The maximum atomic E-state index is 13.5. The molecule has 0 radical (unpaired) electrons. The van der Waals surface area contributed by atoms with E-state index >= 15 is 0 Å². The highest BCUT2D eigenvalue weighted by atomic mass is 16.2. The lowest BCUT2D eigenvalue weighted by Crippen LogP contribution is -2.46. The van der Waals surface area contributed by atoms with Gasteiger partial charge in [0.1, 0.15) is 0 Å². The highest BCUT2D eigenvalue weighted by molar-refractivity contribution is 5.99. The second-order valence-corrected chi connectivity index (χ2v) is 9.46. The number of benzene rings is 3. The number of piperidine rings is 1. The molecule has 0 aromatic heterocycles. The minimum atomic E-state index is -0.118. The molecule has 1 atom stereocenters. The second kappa shape index (κ2) is 12.4. The Morgan fingerprint density at radius 3 is 2.14 bits per heavy atom. The van der Waals surface area contributed by atoms with Crippen LogP contribution in [-0.2, 0) is 11.3 Å². The number of hydrogen-bond acceptors (Lipinski definition) is 3. The number of amides is 2. The molecule has 2 amide bonds. The fraction of sp³-hybridized carbons (Fsp3) is 0.355. The number of hydrogen-bond donors (Lipinski definition) is 1. The zero-order valence-corrected chi connectivity index (χ0v) is 21.4. The maximum Gasteiger partial charge on any atom is 0.256 e. The van der Waals surface area contributed by atoms with Crippen molar-refractivity contribution in [2.45, 2.75) is 51.6 Å². The first-order chi connectivity index (χ1) is 17.6. The van der Waals surface area contributed by atoms with E-state index in [2.05, 4.69) is 29.3 Å². The van der Waals surface area contributed by atoms with Crippen molar-refractivity contribution >= 4 is 17.5 Å². The van der Waals surface area contributed by atoms with Crippen LogP contribution in [0.4, 0.5) is 5.69 Å². The molecule has 4 rings (SSSR count). The van der Waals surface area contributed by atoms with Gasteiger partial charge in [0.25, 0.3) is 5.91 Å². The van der Waals surface area contributed by atoms with Gasteiger partial charge < -0.3 is 15.1 Å². The van der Waals surface area contributed by atoms with Gasteiger partial charge in [0.15, 0.2) is 0 Å². The molecule has 1 aliphatic heterocycles.